The highest BCUT2D eigenvalue weighted by Gasteiger charge is 2.46. The maximum atomic E-state index is 11.9. The number of alkyl carbamates (subject to hydrolysis) is 1. The van der Waals surface area contributed by atoms with E-state index < -0.39 is 17.2 Å². The third-order valence-electron chi connectivity index (χ3n) is 3.61. The number of thioether (sulfide) groups is 1. The van der Waals surface area contributed by atoms with Crippen LogP contribution in [-0.2, 0) is 10.5 Å². The number of aliphatic imine (C=N–C) groups is 1. The van der Waals surface area contributed by atoms with Crippen LogP contribution in [0.25, 0.3) is 0 Å². The highest BCUT2D eigenvalue weighted by molar-refractivity contribution is 8.15. The zero-order chi connectivity index (χ0) is 17.0. The topological polar surface area (TPSA) is 70.9 Å². The summed E-state index contributed by atoms with van der Waals surface area (Å²) in [4.78, 5) is 16.4. The zero-order valence-corrected chi connectivity index (χ0v) is 14.0. The summed E-state index contributed by atoms with van der Waals surface area (Å²) in [5, 5.41) is 13.9. The summed E-state index contributed by atoms with van der Waals surface area (Å²) < 4.78 is 4.95. The Morgan fingerprint density at radius 3 is 2.46 bits per heavy atom. The van der Waals surface area contributed by atoms with Gasteiger partial charge in [0.2, 0.25) is 5.72 Å². The minimum Gasteiger partial charge on any atom is -0.450 e. The van der Waals surface area contributed by atoms with E-state index in [1.807, 2.05) is 48.5 Å². The normalized spacial score (nSPS) is 22.8. The van der Waals surface area contributed by atoms with Crippen molar-refractivity contribution in [3.05, 3.63) is 71.8 Å². The summed E-state index contributed by atoms with van der Waals surface area (Å²) in [6.07, 6.45) is -0.575. The van der Waals surface area contributed by atoms with Crippen molar-refractivity contribution in [1.82, 2.24) is 5.32 Å². The summed E-state index contributed by atoms with van der Waals surface area (Å²) in [6.45, 7) is 2.00. The fraction of sp³-hybridized carbons (Fsp3) is 0.222. The Bertz CT molecular complexity index is 736. The first-order chi connectivity index (χ1) is 11.6. The number of amides is 1. The van der Waals surface area contributed by atoms with Crippen molar-refractivity contribution in [2.45, 2.75) is 18.0 Å². The number of carbonyl (C=O) groups excluding carboxylic acids is 1. The number of aliphatic hydroxyl groups is 1. The number of rotatable bonds is 4. The van der Waals surface area contributed by atoms with Crippen molar-refractivity contribution in [1.29, 1.82) is 0 Å². The molecule has 5 nitrogen and oxygen atoms in total. The Balaban J connectivity index is 1.96. The second kappa shape index (κ2) is 7.07. The van der Waals surface area contributed by atoms with Crippen molar-refractivity contribution in [2.75, 3.05) is 6.61 Å². The van der Waals surface area contributed by atoms with Gasteiger partial charge < -0.3 is 15.2 Å². The first kappa shape index (κ1) is 16.5. The van der Waals surface area contributed by atoms with Crippen LogP contribution in [0.15, 0.2) is 65.7 Å². The molecule has 0 saturated heterocycles. The molecule has 0 unspecified atom stereocenters. The molecule has 0 saturated carbocycles. The number of hydrogen-bond donors (Lipinski definition) is 2. The molecule has 0 spiro atoms. The van der Waals surface area contributed by atoms with E-state index in [1.54, 1.807) is 19.1 Å². The Labute approximate surface area is 144 Å². The standard InChI is InChI=1S/C18H18N2O3S/c1-2-23-17(21)19-16-18(22,14-11-7-4-8-12-14)20-15(24-16)13-9-5-3-6-10-13/h3-12,16,22H,2H2,1H3,(H,19,21)/t16-,18-/m1/s1. The number of benzene rings is 2. The lowest BCUT2D eigenvalue weighted by Crippen LogP contribution is -2.45. The highest BCUT2D eigenvalue weighted by Crippen LogP contribution is 2.41. The molecule has 1 amide bonds. The van der Waals surface area contributed by atoms with Crippen molar-refractivity contribution in [3.63, 3.8) is 0 Å². The van der Waals surface area contributed by atoms with Gasteiger partial charge in [0.15, 0.2) is 0 Å². The van der Waals surface area contributed by atoms with Crippen LogP contribution in [0.3, 0.4) is 0 Å². The van der Waals surface area contributed by atoms with Crippen LogP contribution >= 0.6 is 11.8 Å². The average Bonchev–Trinajstić information content (AvgIpc) is 2.95. The number of nitrogens with zero attached hydrogens (tertiary/aromatic N) is 1. The van der Waals surface area contributed by atoms with Gasteiger partial charge in [-0.3, -0.25) is 0 Å². The third kappa shape index (κ3) is 3.29. The van der Waals surface area contributed by atoms with Gasteiger partial charge in [-0.15, -0.1) is 0 Å². The molecular formula is C18H18N2O3S. The van der Waals surface area contributed by atoms with Crippen LogP contribution in [0, 0.1) is 0 Å². The molecule has 2 N–H and O–H groups in total. The van der Waals surface area contributed by atoms with Crippen molar-refractivity contribution in [2.24, 2.45) is 4.99 Å². The van der Waals surface area contributed by atoms with Gasteiger partial charge in [-0.25, -0.2) is 9.79 Å². The largest absolute Gasteiger partial charge is 0.450 e. The van der Waals surface area contributed by atoms with Crippen LogP contribution in [0.4, 0.5) is 4.79 Å². The lowest BCUT2D eigenvalue weighted by molar-refractivity contribution is 0.0361. The Morgan fingerprint density at radius 1 is 1.21 bits per heavy atom. The quantitative estimate of drug-likeness (QED) is 0.896. The molecule has 1 heterocycles. The minimum atomic E-state index is -1.55. The van der Waals surface area contributed by atoms with E-state index in [0.29, 0.717) is 10.6 Å². The van der Waals surface area contributed by atoms with E-state index in [9.17, 15) is 9.90 Å². The van der Waals surface area contributed by atoms with Gasteiger partial charge in [-0.1, -0.05) is 72.4 Å². The maximum absolute atomic E-state index is 11.9. The summed E-state index contributed by atoms with van der Waals surface area (Å²) in [6, 6.07) is 18.7. The zero-order valence-electron chi connectivity index (χ0n) is 13.2. The molecule has 1 aliphatic rings. The lowest BCUT2D eigenvalue weighted by Gasteiger charge is -2.27. The number of carbonyl (C=O) groups is 1. The van der Waals surface area contributed by atoms with Crippen LogP contribution in [0.5, 0.6) is 0 Å². The van der Waals surface area contributed by atoms with Gasteiger partial charge in [0, 0.05) is 11.1 Å². The monoisotopic (exact) mass is 342 g/mol. The number of ether oxygens (including phenoxy) is 1. The van der Waals surface area contributed by atoms with Crippen LogP contribution in [0.1, 0.15) is 18.1 Å². The molecule has 0 aromatic heterocycles. The van der Waals surface area contributed by atoms with E-state index in [1.165, 1.54) is 11.8 Å². The van der Waals surface area contributed by atoms with Gasteiger partial charge in [0.25, 0.3) is 0 Å². The van der Waals surface area contributed by atoms with Gasteiger partial charge in [0.05, 0.1) is 6.61 Å². The Kier molecular flexibility index (Phi) is 4.87. The molecule has 24 heavy (non-hydrogen) atoms. The average molecular weight is 342 g/mol. The van der Waals surface area contributed by atoms with Crippen LogP contribution in [0.2, 0.25) is 0 Å². The second-order valence-electron chi connectivity index (χ2n) is 5.24. The van der Waals surface area contributed by atoms with Gasteiger partial charge in [0.1, 0.15) is 10.4 Å². The predicted molar refractivity (Wildman–Crippen MR) is 94.9 cm³/mol. The van der Waals surface area contributed by atoms with Crippen molar-refractivity contribution < 1.29 is 14.6 Å². The first-order valence-corrected chi connectivity index (χ1v) is 8.54. The fourth-order valence-electron chi connectivity index (χ4n) is 2.46. The number of hydrogen-bond acceptors (Lipinski definition) is 5. The molecule has 0 fully saturated rings. The SMILES string of the molecule is CCOC(=O)N[C@@H]1SC(c2ccccc2)=N[C@@]1(O)c1ccccc1. The molecule has 124 valence electrons. The third-order valence-corrected chi connectivity index (χ3v) is 4.84. The van der Waals surface area contributed by atoms with E-state index in [-0.39, 0.29) is 6.61 Å². The predicted octanol–water partition coefficient (Wildman–Crippen LogP) is 3.10. The summed E-state index contributed by atoms with van der Waals surface area (Å²) in [7, 11) is 0. The molecule has 2 aromatic carbocycles. The van der Waals surface area contributed by atoms with Crippen LogP contribution < -0.4 is 5.32 Å². The summed E-state index contributed by atoms with van der Waals surface area (Å²) in [5.41, 5.74) is -0.0422. The van der Waals surface area contributed by atoms with Gasteiger partial charge >= 0.3 is 6.09 Å². The fourth-order valence-corrected chi connectivity index (χ4v) is 3.65. The Morgan fingerprint density at radius 2 is 1.83 bits per heavy atom. The van der Waals surface area contributed by atoms with E-state index in [0.717, 1.165) is 5.56 Å². The minimum absolute atomic E-state index is 0.263. The van der Waals surface area contributed by atoms with Crippen LogP contribution in [-0.4, -0.2) is 28.2 Å². The molecule has 2 aromatic rings. The molecule has 0 bridgehead atoms. The molecule has 0 aliphatic carbocycles. The van der Waals surface area contributed by atoms with Gasteiger partial charge in [-0.05, 0) is 6.92 Å². The molecule has 1 aliphatic heterocycles. The molecule has 2 atom stereocenters. The number of nitrogens with one attached hydrogen (secondary N) is 1. The molecule has 3 rings (SSSR count). The first-order valence-electron chi connectivity index (χ1n) is 7.66. The maximum Gasteiger partial charge on any atom is 0.408 e. The van der Waals surface area contributed by atoms with Gasteiger partial charge in [-0.2, -0.15) is 0 Å². The van der Waals surface area contributed by atoms with E-state index in [4.69, 9.17) is 4.74 Å². The summed E-state index contributed by atoms with van der Waals surface area (Å²) >= 11 is 1.31. The second-order valence-corrected chi connectivity index (χ2v) is 6.33. The molecule has 6 heteroatoms. The smallest absolute Gasteiger partial charge is 0.408 e. The molecular weight excluding hydrogens is 324 g/mol. The van der Waals surface area contributed by atoms with Crippen molar-refractivity contribution >= 4 is 22.9 Å². The molecule has 0 radical (unpaired) electrons. The lowest BCUT2D eigenvalue weighted by atomic mass is 10.0. The summed E-state index contributed by atoms with van der Waals surface area (Å²) in [5.74, 6) is 0. The van der Waals surface area contributed by atoms with E-state index in [2.05, 4.69) is 10.3 Å². The Hall–Kier alpha value is -2.31. The highest BCUT2D eigenvalue weighted by atomic mass is 32.2. The van der Waals surface area contributed by atoms with E-state index >= 15 is 0 Å². The van der Waals surface area contributed by atoms with Crippen molar-refractivity contribution in [3.8, 4) is 0 Å².